The van der Waals surface area contributed by atoms with E-state index in [9.17, 15) is 9.59 Å². The Bertz CT molecular complexity index is 1060. The van der Waals surface area contributed by atoms with Crippen LogP contribution in [0.4, 0.5) is 0 Å². The summed E-state index contributed by atoms with van der Waals surface area (Å²) in [5, 5.41) is 3.22. The van der Waals surface area contributed by atoms with Crippen LogP contribution in [0.3, 0.4) is 0 Å². The second kappa shape index (κ2) is 11.9. The van der Waals surface area contributed by atoms with E-state index in [1.54, 1.807) is 44.5 Å². The lowest BCUT2D eigenvalue weighted by atomic mass is 10.0. The van der Waals surface area contributed by atoms with Gasteiger partial charge in [-0.25, -0.2) is 0 Å². The van der Waals surface area contributed by atoms with Crippen LogP contribution < -0.4 is 14.8 Å². The fraction of sp³-hybridized carbons (Fsp3) is 0.231. The largest absolute Gasteiger partial charge is 0.497 e. The van der Waals surface area contributed by atoms with Crippen LogP contribution in [-0.4, -0.2) is 43.5 Å². The van der Waals surface area contributed by atoms with Gasteiger partial charge >= 0.3 is 0 Å². The number of ether oxygens (including phenoxy) is 2. The summed E-state index contributed by atoms with van der Waals surface area (Å²) in [5.74, 6) is 0.636. The molecule has 6 nitrogen and oxygen atoms in total. The number of likely N-dealkylation sites (N-methyl/N-ethyl adjacent to an activating group) is 1. The lowest BCUT2D eigenvalue weighted by molar-refractivity contribution is -0.142. The first-order chi connectivity index (χ1) is 16.0. The van der Waals surface area contributed by atoms with E-state index in [1.165, 1.54) is 4.90 Å². The van der Waals surface area contributed by atoms with Gasteiger partial charge in [-0.3, -0.25) is 9.59 Å². The van der Waals surface area contributed by atoms with Crippen molar-refractivity contribution in [3.05, 3.63) is 95.0 Å². The maximum absolute atomic E-state index is 13.4. The van der Waals surface area contributed by atoms with Gasteiger partial charge in [0.25, 0.3) is 5.91 Å². The number of carbonyl (C=O) groups excluding carboxylic acids is 2. The number of methoxy groups -OCH3 is 1. The number of carbonyl (C=O) groups is 2. The monoisotopic (exact) mass is 466 g/mol. The molecule has 0 heterocycles. The molecule has 3 aromatic carbocycles. The van der Waals surface area contributed by atoms with Gasteiger partial charge in [0.2, 0.25) is 5.91 Å². The maximum atomic E-state index is 13.4. The van der Waals surface area contributed by atoms with E-state index in [1.807, 2.05) is 48.5 Å². The van der Waals surface area contributed by atoms with Gasteiger partial charge in [0.05, 0.1) is 7.11 Å². The maximum Gasteiger partial charge on any atom is 0.261 e. The highest BCUT2D eigenvalue weighted by Gasteiger charge is 2.30. The van der Waals surface area contributed by atoms with Crippen LogP contribution in [0.15, 0.2) is 78.9 Å². The van der Waals surface area contributed by atoms with Crippen molar-refractivity contribution in [1.82, 2.24) is 10.2 Å². The number of hydrogen-bond donors (Lipinski definition) is 1. The number of nitrogens with one attached hydrogen (secondary N) is 1. The van der Waals surface area contributed by atoms with Crippen LogP contribution in [0.5, 0.6) is 11.5 Å². The molecule has 172 valence electrons. The van der Waals surface area contributed by atoms with E-state index < -0.39 is 6.04 Å². The second-order valence-electron chi connectivity index (χ2n) is 7.40. The molecule has 0 aromatic heterocycles. The summed E-state index contributed by atoms with van der Waals surface area (Å²) < 4.78 is 10.9. The molecular formula is C26H27ClN2O4. The van der Waals surface area contributed by atoms with E-state index in [-0.39, 0.29) is 25.0 Å². The number of rotatable bonds is 10. The van der Waals surface area contributed by atoms with Crippen molar-refractivity contribution in [3.8, 4) is 11.5 Å². The van der Waals surface area contributed by atoms with Gasteiger partial charge < -0.3 is 19.7 Å². The summed E-state index contributed by atoms with van der Waals surface area (Å²) in [6, 6.07) is 23.1. The molecule has 0 unspecified atom stereocenters. The van der Waals surface area contributed by atoms with Crippen LogP contribution in [0.25, 0.3) is 0 Å². The van der Waals surface area contributed by atoms with Gasteiger partial charge in [-0.15, -0.1) is 0 Å². The third-order valence-corrected chi connectivity index (χ3v) is 5.61. The molecule has 3 aromatic rings. The highest BCUT2D eigenvalue weighted by Crippen LogP contribution is 2.21. The van der Waals surface area contributed by atoms with Crippen LogP contribution in [0, 0.1) is 0 Å². The van der Waals surface area contributed by atoms with Crippen LogP contribution in [0.1, 0.15) is 11.1 Å². The quantitative estimate of drug-likeness (QED) is 0.488. The second-order valence-corrected chi connectivity index (χ2v) is 7.80. The van der Waals surface area contributed by atoms with Gasteiger partial charge in [-0.05, 0) is 41.5 Å². The summed E-state index contributed by atoms with van der Waals surface area (Å²) >= 11 is 6.37. The van der Waals surface area contributed by atoms with Crippen molar-refractivity contribution in [2.75, 3.05) is 20.8 Å². The highest BCUT2D eigenvalue weighted by atomic mass is 35.5. The fourth-order valence-electron chi connectivity index (χ4n) is 3.43. The summed E-state index contributed by atoms with van der Waals surface area (Å²) in [5.41, 5.74) is 1.69. The van der Waals surface area contributed by atoms with E-state index in [4.69, 9.17) is 21.1 Å². The van der Waals surface area contributed by atoms with Crippen LogP contribution >= 0.6 is 11.6 Å². The molecule has 0 saturated carbocycles. The Morgan fingerprint density at radius 2 is 1.58 bits per heavy atom. The number of benzene rings is 3. The van der Waals surface area contributed by atoms with Gasteiger partial charge in [-0.2, -0.15) is 0 Å². The smallest absolute Gasteiger partial charge is 0.261 e. The standard InChI is InChI=1S/C26H27ClN2O4/c1-28-26(31)24(16-19-8-4-3-5-9-19)29(17-20-10-6-7-11-23(20)27)25(30)18-33-22-14-12-21(32-2)13-15-22/h3-15,24H,16-18H2,1-2H3,(H,28,31)/t24-/m1/s1. The van der Waals surface area contributed by atoms with Crippen molar-refractivity contribution in [1.29, 1.82) is 0 Å². The zero-order chi connectivity index (χ0) is 23.6. The van der Waals surface area contributed by atoms with Crippen LogP contribution in [-0.2, 0) is 22.6 Å². The molecule has 0 fully saturated rings. The Morgan fingerprint density at radius 3 is 2.21 bits per heavy atom. The molecule has 1 N–H and O–H groups in total. The highest BCUT2D eigenvalue weighted by molar-refractivity contribution is 6.31. The molecule has 0 aliphatic heterocycles. The Balaban J connectivity index is 1.86. The molecule has 0 aliphatic rings. The van der Waals surface area contributed by atoms with E-state index in [2.05, 4.69) is 5.32 Å². The Hall–Kier alpha value is -3.51. The predicted octanol–water partition coefficient (Wildman–Crippen LogP) is 4.11. The van der Waals surface area contributed by atoms with Crippen molar-refractivity contribution >= 4 is 23.4 Å². The SMILES string of the molecule is CNC(=O)[C@@H](Cc1ccccc1)N(Cc1ccccc1Cl)C(=O)COc1ccc(OC)cc1. The molecule has 33 heavy (non-hydrogen) atoms. The minimum Gasteiger partial charge on any atom is -0.497 e. The first kappa shape index (κ1) is 24.1. The van der Waals surface area contributed by atoms with Crippen molar-refractivity contribution < 1.29 is 19.1 Å². The number of halogens is 1. The average Bonchev–Trinajstić information content (AvgIpc) is 2.86. The minimum atomic E-state index is -0.736. The van der Waals surface area contributed by atoms with Crippen LogP contribution in [0.2, 0.25) is 5.02 Å². The molecule has 1 atom stereocenters. The fourth-order valence-corrected chi connectivity index (χ4v) is 3.63. The van der Waals surface area contributed by atoms with Gasteiger partial charge in [0.1, 0.15) is 17.5 Å². The third kappa shape index (κ3) is 6.73. The van der Waals surface area contributed by atoms with Gasteiger partial charge in [0, 0.05) is 25.0 Å². The zero-order valence-corrected chi connectivity index (χ0v) is 19.4. The first-order valence-electron chi connectivity index (χ1n) is 10.6. The third-order valence-electron chi connectivity index (χ3n) is 5.24. The summed E-state index contributed by atoms with van der Waals surface area (Å²) in [4.78, 5) is 27.8. The normalized spacial score (nSPS) is 11.4. The van der Waals surface area contributed by atoms with E-state index in [0.29, 0.717) is 22.9 Å². The number of amides is 2. The molecule has 0 spiro atoms. The summed E-state index contributed by atoms with van der Waals surface area (Å²) in [7, 11) is 3.14. The van der Waals surface area contributed by atoms with E-state index >= 15 is 0 Å². The van der Waals surface area contributed by atoms with Gasteiger partial charge in [-0.1, -0.05) is 60.1 Å². The molecule has 0 saturated heterocycles. The molecular weight excluding hydrogens is 440 g/mol. The van der Waals surface area contributed by atoms with Crippen molar-refractivity contribution in [2.45, 2.75) is 19.0 Å². The molecule has 2 amide bonds. The number of nitrogens with zero attached hydrogens (tertiary/aromatic N) is 1. The van der Waals surface area contributed by atoms with Crippen molar-refractivity contribution in [3.63, 3.8) is 0 Å². The number of hydrogen-bond acceptors (Lipinski definition) is 4. The first-order valence-corrected chi connectivity index (χ1v) is 10.9. The Labute approximate surface area is 199 Å². The summed E-state index contributed by atoms with van der Waals surface area (Å²) in [6.45, 7) is -0.0472. The van der Waals surface area contributed by atoms with Gasteiger partial charge in [0.15, 0.2) is 6.61 Å². The lowest BCUT2D eigenvalue weighted by Gasteiger charge is -2.31. The molecule has 0 radical (unpaired) electrons. The molecule has 3 rings (SSSR count). The van der Waals surface area contributed by atoms with E-state index in [0.717, 1.165) is 11.1 Å². The molecule has 0 bridgehead atoms. The average molecular weight is 467 g/mol. The lowest BCUT2D eigenvalue weighted by Crippen LogP contribution is -2.51. The van der Waals surface area contributed by atoms with Crippen molar-refractivity contribution in [2.24, 2.45) is 0 Å². The zero-order valence-electron chi connectivity index (χ0n) is 18.7. The topological polar surface area (TPSA) is 67.9 Å². The Kier molecular flexibility index (Phi) is 8.72. The molecule has 0 aliphatic carbocycles. The molecule has 7 heteroatoms. The summed E-state index contributed by atoms with van der Waals surface area (Å²) in [6.07, 6.45) is 0.360. The predicted molar refractivity (Wildman–Crippen MR) is 128 cm³/mol. The minimum absolute atomic E-state index is 0.176. The Morgan fingerprint density at radius 1 is 0.939 bits per heavy atom.